The molecule has 0 fully saturated rings. The Balaban J connectivity index is 2.01. The first-order chi connectivity index (χ1) is 14.5. The maximum atomic E-state index is 12.7. The van der Waals surface area contributed by atoms with E-state index in [4.69, 9.17) is 15.2 Å². The van der Waals surface area contributed by atoms with Gasteiger partial charge in [0.15, 0.2) is 5.75 Å². The second-order valence-corrected chi connectivity index (χ2v) is 6.87. The number of hydrogen-bond donors (Lipinski definition) is 1. The number of methoxy groups -OCH3 is 1. The number of ether oxygens (including phenoxy) is 2. The third kappa shape index (κ3) is 5.10. The van der Waals surface area contributed by atoms with E-state index in [9.17, 15) is 4.79 Å². The summed E-state index contributed by atoms with van der Waals surface area (Å²) in [6.45, 7) is 3.86. The molecule has 0 spiro atoms. The summed E-state index contributed by atoms with van der Waals surface area (Å²) in [5, 5.41) is 3.03. The second-order valence-electron chi connectivity index (χ2n) is 6.87. The van der Waals surface area contributed by atoms with Gasteiger partial charge in [-0.05, 0) is 60.5 Å². The molecule has 1 radical (unpaired) electrons. The van der Waals surface area contributed by atoms with Gasteiger partial charge in [0.25, 0.3) is 0 Å². The van der Waals surface area contributed by atoms with Crippen LogP contribution in [0.1, 0.15) is 18.1 Å². The van der Waals surface area contributed by atoms with Gasteiger partial charge in [-0.1, -0.05) is 24.3 Å². The van der Waals surface area contributed by atoms with Crippen LogP contribution in [0.2, 0.25) is 0 Å². The van der Waals surface area contributed by atoms with E-state index in [2.05, 4.69) is 5.32 Å². The number of carbonyl (C=O) groups excluding carboxylic acids is 1. The molecule has 0 aromatic heterocycles. The van der Waals surface area contributed by atoms with E-state index >= 15 is 0 Å². The number of nitrogens with one attached hydrogen (secondary N) is 2. The summed E-state index contributed by atoms with van der Waals surface area (Å²) in [5.74, 6) is 1.87. The van der Waals surface area contributed by atoms with Crippen molar-refractivity contribution in [2.75, 3.05) is 24.0 Å². The summed E-state index contributed by atoms with van der Waals surface area (Å²) in [5.41, 5.74) is 10.9. The highest BCUT2D eigenvalue weighted by Gasteiger charge is 2.20. The monoisotopic (exact) mass is 404 g/mol. The molecule has 155 valence electrons. The fourth-order valence-corrected chi connectivity index (χ4v) is 3.17. The van der Waals surface area contributed by atoms with Crippen molar-refractivity contribution in [3.8, 4) is 17.2 Å². The second kappa shape index (κ2) is 9.80. The minimum Gasteiger partial charge on any atom is -0.497 e. The Labute approximate surface area is 177 Å². The Kier molecular flexibility index (Phi) is 6.93. The highest BCUT2D eigenvalue weighted by molar-refractivity contribution is 5.93. The van der Waals surface area contributed by atoms with Gasteiger partial charge in [-0.15, -0.1) is 0 Å². The highest BCUT2D eigenvalue weighted by Crippen LogP contribution is 2.35. The summed E-state index contributed by atoms with van der Waals surface area (Å²) in [6.07, 6.45) is 0. The zero-order valence-corrected chi connectivity index (χ0v) is 17.4. The first-order valence-corrected chi connectivity index (χ1v) is 9.69. The molecular formula is C24H26N3O3. The molecule has 1 amide bonds. The van der Waals surface area contributed by atoms with E-state index < -0.39 is 0 Å². The average Bonchev–Trinajstić information content (AvgIpc) is 2.75. The minimum absolute atomic E-state index is 0.0339. The average molecular weight is 404 g/mol. The Morgan fingerprint density at radius 2 is 1.80 bits per heavy atom. The largest absolute Gasteiger partial charge is 0.497 e. The lowest BCUT2D eigenvalue weighted by Gasteiger charge is -2.26. The van der Waals surface area contributed by atoms with Crippen LogP contribution in [-0.2, 0) is 11.3 Å². The molecule has 0 heterocycles. The lowest BCUT2D eigenvalue weighted by molar-refractivity contribution is -0.116. The van der Waals surface area contributed by atoms with Crippen molar-refractivity contribution >= 4 is 17.3 Å². The Bertz CT molecular complexity index is 1010. The van der Waals surface area contributed by atoms with Crippen molar-refractivity contribution in [2.45, 2.75) is 20.4 Å². The summed E-state index contributed by atoms with van der Waals surface area (Å²) >= 11 is 0. The SMILES string of the molecule is COc1ccc(NC[NH])c(CN(C(C)=O)c2cc(C)ccc2Oc2ccccc2)c1. The lowest BCUT2D eigenvalue weighted by atomic mass is 10.1. The van der Waals surface area contributed by atoms with Crippen LogP contribution in [0.3, 0.4) is 0 Å². The molecule has 0 unspecified atom stereocenters. The van der Waals surface area contributed by atoms with Gasteiger partial charge in [-0.3, -0.25) is 4.79 Å². The predicted molar refractivity (Wildman–Crippen MR) is 119 cm³/mol. The summed E-state index contributed by atoms with van der Waals surface area (Å²) in [6, 6.07) is 20.8. The number of anilines is 2. The van der Waals surface area contributed by atoms with E-state index in [1.165, 1.54) is 6.92 Å². The van der Waals surface area contributed by atoms with E-state index in [1.807, 2.05) is 73.7 Å². The lowest BCUT2D eigenvalue weighted by Crippen LogP contribution is -2.28. The van der Waals surface area contributed by atoms with Crippen LogP contribution in [0.25, 0.3) is 0 Å². The first kappa shape index (κ1) is 21.2. The number of nitrogens with zero attached hydrogens (tertiary/aromatic N) is 1. The van der Waals surface area contributed by atoms with Gasteiger partial charge in [-0.25, -0.2) is 5.73 Å². The van der Waals surface area contributed by atoms with Gasteiger partial charge in [0.05, 0.1) is 26.0 Å². The zero-order valence-electron chi connectivity index (χ0n) is 17.4. The molecule has 6 heteroatoms. The number of hydrogen-bond acceptors (Lipinski definition) is 4. The van der Waals surface area contributed by atoms with E-state index in [0.29, 0.717) is 29.5 Å². The van der Waals surface area contributed by atoms with Crippen molar-refractivity contribution in [3.05, 3.63) is 77.9 Å². The van der Waals surface area contributed by atoms with Gasteiger partial charge >= 0.3 is 0 Å². The van der Waals surface area contributed by atoms with Gasteiger partial charge in [0, 0.05) is 12.6 Å². The molecule has 6 nitrogen and oxygen atoms in total. The van der Waals surface area contributed by atoms with Crippen molar-refractivity contribution in [1.82, 2.24) is 5.73 Å². The topological polar surface area (TPSA) is 74.6 Å². The van der Waals surface area contributed by atoms with Crippen LogP contribution < -0.4 is 25.4 Å². The highest BCUT2D eigenvalue weighted by atomic mass is 16.5. The van der Waals surface area contributed by atoms with Gasteiger partial charge in [-0.2, -0.15) is 0 Å². The molecule has 0 atom stereocenters. The number of rotatable bonds is 8. The molecule has 2 N–H and O–H groups in total. The normalized spacial score (nSPS) is 10.4. The first-order valence-electron chi connectivity index (χ1n) is 9.69. The molecule has 0 aliphatic heterocycles. The molecule has 30 heavy (non-hydrogen) atoms. The molecule has 0 saturated carbocycles. The van der Waals surface area contributed by atoms with E-state index in [-0.39, 0.29) is 12.6 Å². The Hall–Kier alpha value is -3.51. The van der Waals surface area contributed by atoms with Gasteiger partial charge in [0.2, 0.25) is 5.91 Å². The minimum atomic E-state index is -0.113. The Morgan fingerprint density at radius 1 is 1.03 bits per heavy atom. The predicted octanol–water partition coefficient (Wildman–Crippen LogP) is 5.00. The standard InChI is InChI=1S/C24H26N3O3/c1-17-9-12-24(30-20-7-5-4-6-8-20)23(13-17)27(18(2)28)15-19-14-21(29-3)10-11-22(19)26-16-25/h4-14,25-26H,15-16H2,1-3H3. The molecule has 0 aliphatic rings. The number of para-hydroxylation sites is 1. The number of aryl methyl sites for hydroxylation is 1. The van der Waals surface area contributed by atoms with Crippen LogP contribution in [0, 0.1) is 6.92 Å². The fraction of sp³-hybridized carbons (Fsp3) is 0.208. The maximum absolute atomic E-state index is 12.7. The van der Waals surface area contributed by atoms with Crippen LogP contribution in [0.15, 0.2) is 66.7 Å². The third-order valence-corrected chi connectivity index (χ3v) is 4.68. The van der Waals surface area contributed by atoms with Crippen molar-refractivity contribution in [1.29, 1.82) is 0 Å². The molecule has 0 bridgehead atoms. The quantitative estimate of drug-likeness (QED) is 0.573. The van der Waals surface area contributed by atoms with Crippen molar-refractivity contribution < 1.29 is 14.3 Å². The van der Waals surface area contributed by atoms with Gasteiger partial charge in [0.1, 0.15) is 11.5 Å². The summed E-state index contributed by atoms with van der Waals surface area (Å²) < 4.78 is 11.4. The number of benzene rings is 3. The molecule has 0 aliphatic carbocycles. The summed E-state index contributed by atoms with van der Waals surface area (Å²) in [4.78, 5) is 14.3. The maximum Gasteiger partial charge on any atom is 0.224 e. The van der Waals surface area contributed by atoms with Crippen LogP contribution in [0.4, 0.5) is 11.4 Å². The zero-order chi connectivity index (χ0) is 21.5. The van der Waals surface area contributed by atoms with Crippen LogP contribution in [0.5, 0.6) is 17.2 Å². The van der Waals surface area contributed by atoms with Gasteiger partial charge < -0.3 is 19.7 Å². The fourth-order valence-electron chi connectivity index (χ4n) is 3.17. The number of amides is 1. The molecule has 3 aromatic rings. The number of carbonyl (C=O) groups is 1. The Morgan fingerprint density at radius 3 is 2.47 bits per heavy atom. The van der Waals surface area contributed by atoms with E-state index in [1.54, 1.807) is 12.0 Å². The van der Waals surface area contributed by atoms with Crippen molar-refractivity contribution in [3.63, 3.8) is 0 Å². The summed E-state index contributed by atoms with van der Waals surface area (Å²) in [7, 11) is 1.60. The van der Waals surface area contributed by atoms with E-state index in [0.717, 1.165) is 16.8 Å². The van der Waals surface area contributed by atoms with Crippen LogP contribution in [-0.4, -0.2) is 19.7 Å². The smallest absolute Gasteiger partial charge is 0.224 e. The molecule has 0 saturated heterocycles. The molecular weight excluding hydrogens is 378 g/mol. The molecule has 3 rings (SSSR count). The third-order valence-electron chi connectivity index (χ3n) is 4.68. The van der Waals surface area contributed by atoms with Crippen molar-refractivity contribution in [2.24, 2.45) is 0 Å². The van der Waals surface area contributed by atoms with Crippen LogP contribution >= 0.6 is 0 Å². The molecule has 3 aromatic carbocycles.